The van der Waals surface area contributed by atoms with Gasteiger partial charge in [0.25, 0.3) is 11.8 Å². The Bertz CT molecular complexity index is 1140. The third-order valence-electron chi connectivity index (χ3n) is 3.77. The van der Waals surface area contributed by atoms with Gasteiger partial charge >= 0.3 is 5.97 Å². The lowest BCUT2D eigenvalue weighted by atomic mass is 10.2. The molecule has 29 heavy (non-hydrogen) atoms. The Hall–Kier alpha value is -3.41. The molecule has 0 aliphatic carbocycles. The number of nitrogens with zero attached hydrogens (tertiary/aromatic N) is 1. The number of ether oxygens (including phenoxy) is 1. The van der Waals surface area contributed by atoms with E-state index in [9.17, 15) is 14.4 Å². The van der Waals surface area contributed by atoms with Gasteiger partial charge in [0.2, 0.25) is 0 Å². The number of hydrogen-bond acceptors (Lipinski definition) is 6. The molecule has 0 atom stereocenters. The zero-order valence-electron chi connectivity index (χ0n) is 14.9. The number of carbonyl (C=O) groups is 3. The smallest absolute Gasteiger partial charge is 0.325 e. The third kappa shape index (κ3) is 5.10. The first-order chi connectivity index (χ1) is 14.0. The summed E-state index contributed by atoms with van der Waals surface area (Å²) in [4.78, 5) is 36.2. The van der Waals surface area contributed by atoms with Crippen molar-refractivity contribution in [2.75, 3.05) is 18.5 Å². The number of amides is 2. The molecule has 0 fully saturated rings. The van der Waals surface area contributed by atoms with Crippen molar-refractivity contribution in [2.45, 2.75) is 0 Å². The van der Waals surface area contributed by atoms with Gasteiger partial charge in [-0.25, -0.2) is 0 Å². The van der Waals surface area contributed by atoms with Crippen molar-refractivity contribution >= 4 is 56.5 Å². The van der Waals surface area contributed by atoms with Crippen molar-refractivity contribution in [3.63, 3.8) is 0 Å². The van der Waals surface area contributed by atoms with Crippen LogP contribution < -0.4 is 10.6 Å². The minimum atomic E-state index is -0.767. The van der Waals surface area contributed by atoms with E-state index in [1.54, 1.807) is 18.2 Å². The number of carbonyl (C=O) groups excluding carboxylic acids is 3. The summed E-state index contributed by atoms with van der Waals surface area (Å²) in [7, 11) is 0. The average Bonchev–Trinajstić information content (AvgIpc) is 3.07. The van der Waals surface area contributed by atoms with E-state index in [1.165, 1.54) is 17.4 Å². The molecule has 7 nitrogen and oxygen atoms in total. The molecule has 0 bridgehead atoms. The molecular formula is C20H14ClN3O4S. The first-order valence-corrected chi connectivity index (χ1v) is 9.58. The number of fused-ring (bicyclic) bond motifs is 1. The highest BCUT2D eigenvalue weighted by atomic mass is 35.5. The zero-order chi connectivity index (χ0) is 20.8. The minimum Gasteiger partial charge on any atom is -0.454 e. The number of esters is 1. The lowest BCUT2D eigenvalue weighted by molar-refractivity contribution is -0.146. The Morgan fingerprint density at radius 3 is 2.69 bits per heavy atom. The Balaban J connectivity index is 1.48. The van der Waals surface area contributed by atoms with Crippen LogP contribution in [0.1, 0.15) is 15.2 Å². The van der Waals surface area contributed by atoms with Gasteiger partial charge in [0.1, 0.15) is 11.4 Å². The Kier molecular flexibility index (Phi) is 6.44. The van der Waals surface area contributed by atoms with E-state index in [0.29, 0.717) is 21.2 Å². The van der Waals surface area contributed by atoms with E-state index in [1.807, 2.05) is 30.3 Å². The van der Waals surface area contributed by atoms with Gasteiger partial charge in [-0.2, -0.15) is 5.26 Å². The van der Waals surface area contributed by atoms with Crippen LogP contribution in [-0.2, 0) is 14.3 Å². The van der Waals surface area contributed by atoms with Crippen LogP contribution in [0.3, 0.4) is 0 Å². The monoisotopic (exact) mass is 427 g/mol. The maximum atomic E-state index is 12.3. The number of halogens is 1. The number of nitriles is 1. The summed E-state index contributed by atoms with van der Waals surface area (Å²) in [6.45, 7) is -0.921. The van der Waals surface area contributed by atoms with E-state index in [4.69, 9.17) is 21.6 Å². The topological polar surface area (TPSA) is 108 Å². The van der Waals surface area contributed by atoms with Crippen LogP contribution in [0.15, 0.2) is 48.5 Å². The maximum absolute atomic E-state index is 12.3. The summed E-state index contributed by atoms with van der Waals surface area (Å²) >= 11 is 7.45. The van der Waals surface area contributed by atoms with E-state index < -0.39 is 30.9 Å². The van der Waals surface area contributed by atoms with E-state index >= 15 is 0 Å². The van der Waals surface area contributed by atoms with Crippen LogP contribution in [0.25, 0.3) is 10.1 Å². The molecule has 3 rings (SSSR count). The van der Waals surface area contributed by atoms with Crippen molar-refractivity contribution < 1.29 is 19.1 Å². The zero-order valence-corrected chi connectivity index (χ0v) is 16.5. The second-order valence-corrected chi connectivity index (χ2v) is 7.26. The molecule has 1 heterocycles. The number of benzene rings is 2. The van der Waals surface area contributed by atoms with Crippen molar-refractivity contribution in [2.24, 2.45) is 0 Å². The number of thiophene rings is 1. The molecule has 2 amide bonds. The van der Waals surface area contributed by atoms with Crippen LogP contribution in [0, 0.1) is 11.3 Å². The Labute approximate surface area is 174 Å². The SMILES string of the molecule is N#Cc1cccc(NC(=O)COC(=O)CNC(=O)c2sc3ccccc3c2Cl)c1. The molecule has 2 N–H and O–H groups in total. The van der Waals surface area contributed by atoms with Gasteiger partial charge in [-0.3, -0.25) is 14.4 Å². The lowest BCUT2D eigenvalue weighted by Gasteiger charge is -2.07. The third-order valence-corrected chi connectivity index (χ3v) is 5.45. The summed E-state index contributed by atoms with van der Waals surface area (Å²) in [6, 6.07) is 15.6. The van der Waals surface area contributed by atoms with Gasteiger partial charge in [-0.15, -0.1) is 11.3 Å². The summed E-state index contributed by atoms with van der Waals surface area (Å²) in [5, 5.41) is 14.9. The van der Waals surface area contributed by atoms with Crippen LogP contribution in [0.5, 0.6) is 0 Å². The molecule has 2 aromatic carbocycles. The van der Waals surface area contributed by atoms with Crippen molar-refractivity contribution in [1.82, 2.24) is 5.32 Å². The number of anilines is 1. The van der Waals surface area contributed by atoms with Crippen LogP contribution in [0.4, 0.5) is 5.69 Å². The summed E-state index contributed by atoms with van der Waals surface area (Å²) in [5.41, 5.74) is 0.806. The largest absolute Gasteiger partial charge is 0.454 e. The highest BCUT2D eigenvalue weighted by Gasteiger charge is 2.18. The Morgan fingerprint density at radius 2 is 1.93 bits per heavy atom. The highest BCUT2D eigenvalue weighted by molar-refractivity contribution is 7.21. The molecule has 0 saturated carbocycles. The Morgan fingerprint density at radius 1 is 1.14 bits per heavy atom. The fourth-order valence-corrected chi connectivity index (χ4v) is 3.89. The fourth-order valence-electron chi connectivity index (χ4n) is 2.45. The average molecular weight is 428 g/mol. The van der Waals surface area contributed by atoms with Gasteiger partial charge in [-0.1, -0.05) is 35.9 Å². The maximum Gasteiger partial charge on any atom is 0.325 e. The van der Waals surface area contributed by atoms with Crippen LogP contribution >= 0.6 is 22.9 Å². The molecular weight excluding hydrogens is 414 g/mol. The van der Waals surface area contributed by atoms with Crippen molar-refractivity contribution in [3.8, 4) is 6.07 Å². The molecule has 0 spiro atoms. The second kappa shape index (κ2) is 9.19. The predicted molar refractivity (Wildman–Crippen MR) is 110 cm³/mol. The fraction of sp³-hybridized carbons (Fsp3) is 0.100. The van der Waals surface area contributed by atoms with E-state index in [-0.39, 0.29) is 0 Å². The van der Waals surface area contributed by atoms with E-state index in [0.717, 1.165) is 10.1 Å². The van der Waals surface area contributed by atoms with Gasteiger partial charge in [0, 0.05) is 15.8 Å². The molecule has 0 aliphatic rings. The van der Waals surface area contributed by atoms with Gasteiger partial charge < -0.3 is 15.4 Å². The summed E-state index contributed by atoms with van der Waals surface area (Å²) in [5.74, 6) is -1.82. The van der Waals surface area contributed by atoms with Crippen LogP contribution in [-0.4, -0.2) is 30.9 Å². The van der Waals surface area contributed by atoms with Gasteiger partial charge in [-0.05, 0) is 24.3 Å². The molecule has 0 saturated heterocycles. The van der Waals surface area contributed by atoms with Gasteiger partial charge in [0.15, 0.2) is 6.61 Å². The first kappa shape index (κ1) is 20.3. The quantitative estimate of drug-likeness (QED) is 0.586. The summed E-state index contributed by atoms with van der Waals surface area (Å²) in [6.07, 6.45) is 0. The van der Waals surface area contributed by atoms with Crippen molar-refractivity contribution in [1.29, 1.82) is 5.26 Å². The number of nitrogens with one attached hydrogen (secondary N) is 2. The van der Waals surface area contributed by atoms with Gasteiger partial charge in [0.05, 0.1) is 16.7 Å². The summed E-state index contributed by atoms with van der Waals surface area (Å²) < 4.78 is 5.71. The predicted octanol–water partition coefficient (Wildman–Crippen LogP) is 3.34. The second-order valence-electron chi connectivity index (χ2n) is 5.83. The molecule has 3 aromatic rings. The molecule has 1 aromatic heterocycles. The first-order valence-electron chi connectivity index (χ1n) is 8.39. The van der Waals surface area contributed by atoms with Crippen molar-refractivity contribution in [3.05, 3.63) is 64.0 Å². The molecule has 0 radical (unpaired) electrons. The molecule has 0 aliphatic heterocycles. The minimum absolute atomic E-state index is 0.302. The van der Waals surface area contributed by atoms with E-state index in [2.05, 4.69) is 10.6 Å². The molecule has 9 heteroatoms. The lowest BCUT2D eigenvalue weighted by Crippen LogP contribution is -2.32. The number of rotatable bonds is 6. The molecule has 0 unspecified atom stereocenters. The normalized spacial score (nSPS) is 10.2. The van der Waals surface area contributed by atoms with Crippen LogP contribution in [0.2, 0.25) is 5.02 Å². The highest BCUT2D eigenvalue weighted by Crippen LogP contribution is 2.34. The molecule has 146 valence electrons. The standard InChI is InChI=1S/C20H14ClN3O4S/c21-18-14-6-1-2-7-15(14)29-19(18)20(27)23-10-17(26)28-11-16(25)24-13-5-3-4-12(8-13)9-22/h1-8H,10-11H2,(H,23,27)(H,24,25). The number of hydrogen-bond donors (Lipinski definition) is 2.